The van der Waals surface area contributed by atoms with Crippen molar-refractivity contribution in [2.75, 3.05) is 66.3 Å². The Balaban J connectivity index is 1.05. The second-order valence-electron chi connectivity index (χ2n) is 11.6. The first-order chi connectivity index (χ1) is 23.9. The summed E-state index contributed by atoms with van der Waals surface area (Å²) < 4.78 is 49.7. The fourth-order valence-electron chi connectivity index (χ4n) is 4.46. The lowest BCUT2D eigenvalue weighted by Gasteiger charge is -2.40. The molecule has 0 radical (unpaired) electrons. The Morgan fingerprint density at radius 1 is 0.673 bits per heavy atom. The molecule has 0 bridgehead atoms. The molecule has 0 aromatic heterocycles. The molecule has 3 aromatic carbocycles. The molecule has 1 heterocycles. The molecule has 1 aliphatic heterocycles. The topological polar surface area (TPSA) is 117 Å². The Morgan fingerprint density at radius 3 is 1.78 bits per heavy atom. The second kappa shape index (κ2) is 20.1. The first-order valence-corrected chi connectivity index (χ1v) is 16.5. The molecule has 0 spiro atoms. The van der Waals surface area contributed by atoms with Crippen LogP contribution in [0.5, 0.6) is 28.7 Å². The smallest absolute Gasteiger partial charge is 0.343 e. The maximum atomic E-state index is 12.6. The van der Waals surface area contributed by atoms with Gasteiger partial charge in [0.15, 0.2) is 0 Å². The molecule has 11 nitrogen and oxygen atoms in total. The minimum atomic E-state index is -0.502. The van der Waals surface area contributed by atoms with Crippen LogP contribution in [0.2, 0.25) is 0 Å². The quantitative estimate of drug-likeness (QED) is 0.0363. The number of hydrogen-bond acceptors (Lipinski definition) is 11. The highest BCUT2D eigenvalue weighted by Gasteiger charge is 2.36. The Kier molecular flexibility index (Phi) is 15.2. The maximum absolute atomic E-state index is 12.6. The number of hydrogen-bond donors (Lipinski definition) is 0. The van der Waals surface area contributed by atoms with Gasteiger partial charge in [0.2, 0.25) is 6.79 Å². The van der Waals surface area contributed by atoms with E-state index in [2.05, 4.69) is 13.5 Å². The van der Waals surface area contributed by atoms with Crippen LogP contribution in [0.4, 0.5) is 0 Å². The van der Waals surface area contributed by atoms with Gasteiger partial charge in [-0.25, -0.2) is 9.59 Å². The van der Waals surface area contributed by atoms with E-state index < -0.39 is 11.9 Å². The van der Waals surface area contributed by atoms with E-state index in [4.69, 9.17) is 42.6 Å². The summed E-state index contributed by atoms with van der Waals surface area (Å²) in [5.74, 6) is 2.00. The largest absolute Gasteiger partial charge is 0.494 e. The van der Waals surface area contributed by atoms with E-state index in [0.717, 1.165) is 51.4 Å². The Morgan fingerprint density at radius 2 is 1.20 bits per heavy atom. The normalized spacial score (nSPS) is 13.1. The predicted molar refractivity (Wildman–Crippen MR) is 182 cm³/mol. The molecule has 0 atom stereocenters. The van der Waals surface area contributed by atoms with Crippen LogP contribution < -0.4 is 23.7 Å². The highest BCUT2D eigenvalue weighted by atomic mass is 16.7. The molecular formula is C38H46O11. The van der Waals surface area contributed by atoms with Crippen LogP contribution in [-0.4, -0.2) is 78.2 Å². The van der Waals surface area contributed by atoms with Gasteiger partial charge in [-0.1, -0.05) is 13.5 Å². The Hall–Kier alpha value is -4.58. The molecule has 0 unspecified atom stereocenters. The van der Waals surface area contributed by atoms with Crippen molar-refractivity contribution >= 4 is 11.9 Å². The van der Waals surface area contributed by atoms with Crippen LogP contribution in [0, 0.1) is 5.41 Å². The molecule has 1 saturated heterocycles. The Bertz CT molecular complexity index is 1430. The third kappa shape index (κ3) is 13.1. The summed E-state index contributed by atoms with van der Waals surface area (Å²) in [5.41, 5.74) is 0.944. The molecule has 0 aliphatic carbocycles. The predicted octanol–water partition coefficient (Wildman–Crippen LogP) is 6.44. The highest BCUT2D eigenvalue weighted by Crippen LogP contribution is 2.31. The fourth-order valence-corrected chi connectivity index (χ4v) is 4.46. The summed E-state index contributed by atoms with van der Waals surface area (Å²) in [6.45, 7) is 12.1. The number of benzene rings is 3. The van der Waals surface area contributed by atoms with Crippen molar-refractivity contribution in [2.24, 2.45) is 5.41 Å². The molecule has 11 heteroatoms. The molecule has 0 N–H and O–H groups in total. The van der Waals surface area contributed by atoms with Gasteiger partial charge < -0.3 is 42.6 Å². The lowest BCUT2D eigenvalue weighted by molar-refractivity contribution is -0.150. The van der Waals surface area contributed by atoms with Gasteiger partial charge in [0, 0.05) is 17.6 Å². The molecule has 264 valence electrons. The monoisotopic (exact) mass is 678 g/mol. The van der Waals surface area contributed by atoms with E-state index >= 15 is 0 Å². The number of esters is 2. The van der Waals surface area contributed by atoms with Crippen LogP contribution >= 0.6 is 0 Å². The van der Waals surface area contributed by atoms with E-state index in [1.807, 2.05) is 24.3 Å². The van der Waals surface area contributed by atoms with Crippen molar-refractivity contribution in [3.63, 3.8) is 0 Å². The van der Waals surface area contributed by atoms with Gasteiger partial charge in [0.25, 0.3) is 0 Å². The van der Waals surface area contributed by atoms with Crippen molar-refractivity contribution in [1.29, 1.82) is 0 Å². The zero-order chi connectivity index (χ0) is 34.7. The maximum Gasteiger partial charge on any atom is 0.343 e. The van der Waals surface area contributed by atoms with Gasteiger partial charge in [0.05, 0.1) is 45.2 Å². The molecular weight excluding hydrogens is 632 g/mol. The SMILES string of the molecule is C=C(C)C(=O)OCCOCCOc1ccc(C(=O)Oc2ccc(OCOc3ccc(OCCCCOCC4(CC)COC4)cc3)cc2)cc1. The summed E-state index contributed by atoms with van der Waals surface area (Å²) in [7, 11) is 0. The third-order valence-corrected chi connectivity index (χ3v) is 7.63. The van der Waals surface area contributed by atoms with E-state index in [0.29, 0.717) is 54.0 Å². The van der Waals surface area contributed by atoms with Crippen LogP contribution in [0.3, 0.4) is 0 Å². The minimum Gasteiger partial charge on any atom is -0.494 e. The van der Waals surface area contributed by atoms with E-state index in [-0.39, 0.29) is 25.4 Å². The van der Waals surface area contributed by atoms with Crippen molar-refractivity contribution in [2.45, 2.75) is 33.1 Å². The number of carbonyl (C=O) groups excluding carboxylic acids is 2. The number of ether oxygens (including phenoxy) is 9. The van der Waals surface area contributed by atoms with Crippen molar-refractivity contribution in [1.82, 2.24) is 0 Å². The standard InChI is InChI=1S/C38H46O11/c1-4-38(26-43-27-38)25-42-19-5-6-20-44-32-11-13-33(14-12-32)47-28-48-34-15-17-35(18-16-34)49-37(40)30-7-9-31(10-8-30)45-23-21-41-22-24-46-36(39)29(2)3/h7-18H,2,4-6,19-28H2,1,3H3. The first kappa shape index (κ1) is 37.2. The number of rotatable bonds is 23. The van der Waals surface area contributed by atoms with Crippen LogP contribution in [0.25, 0.3) is 0 Å². The summed E-state index contributed by atoms with van der Waals surface area (Å²) in [6.07, 6.45) is 2.96. The minimum absolute atomic E-state index is 0.0101. The third-order valence-electron chi connectivity index (χ3n) is 7.63. The summed E-state index contributed by atoms with van der Waals surface area (Å²) in [6, 6.07) is 20.7. The lowest BCUT2D eigenvalue weighted by Crippen LogP contribution is -2.45. The second-order valence-corrected chi connectivity index (χ2v) is 11.6. The molecule has 49 heavy (non-hydrogen) atoms. The van der Waals surface area contributed by atoms with E-state index in [1.54, 1.807) is 55.5 Å². The van der Waals surface area contributed by atoms with Crippen molar-refractivity contribution in [3.8, 4) is 28.7 Å². The lowest BCUT2D eigenvalue weighted by atomic mass is 9.84. The van der Waals surface area contributed by atoms with Gasteiger partial charge in [-0.3, -0.25) is 0 Å². The van der Waals surface area contributed by atoms with E-state index in [1.165, 1.54) is 0 Å². The first-order valence-electron chi connectivity index (χ1n) is 16.5. The average molecular weight is 679 g/mol. The van der Waals surface area contributed by atoms with Crippen LogP contribution in [-0.2, 0) is 23.7 Å². The highest BCUT2D eigenvalue weighted by molar-refractivity contribution is 5.91. The van der Waals surface area contributed by atoms with Crippen molar-refractivity contribution in [3.05, 3.63) is 90.5 Å². The molecule has 0 saturated carbocycles. The molecule has 1 fully saturated rings. The van der Waals surface area contributed by atoms with Gasteiger partial charge in [0.1, 0.15) is 42.0 Å². The van der Waals surface area contributed by atoms with Gasteiger partial charge in [-0.15, -0.1) is 0 Å². The molecule has 4 rings (SSSR count). The summed E-state index contributed by atoms with van der Waals surface area (Å²) >= 11 is 0. The number of unbranched alkanes of at least 4 members (excludes halogenated alkanes) is 1. The van der Waals surface area contributed by atoms with Gasteiger partial charge in [-0.05, 0) is 99.0 Å². The number of carbonyl (C=O) groups is 2. The fraction of sp³-hybridized carbons (Fsp3) is 0.421. The van der Waals surface area contributed by atoms with Crippen LogP contribution in [0.1, 0.15) is 43.5 Å². The summed E-state index contributed by atoms with van der Waals surface area (Å²) in [5, 5.41) is 0. The summed E-state index contributed by atoms with van der Waals surface area (Å²) in [4.78, 5) is 23.9. The zero-order valence-electron chi connectivity index (χ0n) is 28.3. The van der Waals surface area contributed by atoms with Gasteiger partial charge in [-0.2, -0.15) is 0 Å². The molecule has 1 aliphatic rings. The molecule has 3 aromatic rings. The zero-order valence-corrected chi connectivity index (χ0v) is 28.3. The van der Waals surface area contributed by atoms with E-state index in [9.17, 15) is 9.59 Å². The molecule has 0 amide bonds. The van der Waals surface area contributed by atoms with Gasteiger partial charge >= 0.3 is 11.9 Å². The van der Waals surface area contributed by atoms with Crippen LogP contribution in [0.15, 0.2) is 84.9 Å². The average Bonchev–Trinajstić information content (AvgIpc) is 3.10. The van der Waals surface area contributed by atoms with Crippen molar-refractivity contribution < 1.29 is 52.2 Å². The Labute approximate surface area is 287 Å².